The summed E-state index contributed by atoms with van der Waals surface area (Å²) >= 11 is 0. The Morgan fingerprint density at radius 3 is 1.90 bits per heavy atom. The van der Waals surface area contributed by atoms with Gasteiger partial charge in [0.25, 0.3) is 0 Å². The van der Waals surface area contributed by atoms with E-state index in [0.717, 1.165) is 0 Å². The van der Waals surface area contributed by atoms with Crippen molar-refractivity contribution in [1.29, 1.82) is 0 Å². The number of aromatic nitrogens is 1. The average Bonchev–Trinajstić information content (AvgIpc) is 2.48. The molecule has 1 aliphatic carbocycles. The minimum Gasteiger partial charge on any atom is -0.513 e. The van der Waals surface area contributed by atoms with Crippen LogP contribution < -0.4 is 4.74 Å². The van der Waals surface area contributed by atoms with Gasteiger partial charge in [-0.05, 0) is 18.9 Å². The molecule has 0 bridgehead atoms. The highest BCUT2D eigenvalue weighted by Gasteiger charge is 2.50. The van der Waals surface area contributed by atoms with Gasteiger partial charge < -0.3 is 9.84 Å². The van der Waals surface area contributed by atoms with E-state index in [2.05, 4.69) is 11.6 Å². The standard InChI is InChI=1S/C19H23F6NO2.HO/c1-10(27)11-8-16(2,3)15(17(4,5)9-11)28-14-7-12(18(20,21)22)6-13(26-14)19(23,24)25;/h6-7,11,15,27H,1,8-9H2,2-5H3;1H. The summed E-state index contributed by atoms with van der Waals surface area (Å²) < 4.78 is 84.0. The molecule has 10 heteroatoms. The number of hydrogen-bond acceptors (Lipinski definition) is 3. The van der Waals surface area contributed by atoms with Crippen molar-refractivity contribution in [3.05, 3.63) is 35.7 Å². The van der Waals surface area contributed by atoms with Gasteiger partial charge in [0.05, 0.1) is 11.3 Å². The maximum absolute atomic E-state index is 13.1. The Morgan fingerprint density at radius 1 is 1.03 bits per heavy atom. The molecule has 1 saturated carbocycles. The summed E-state index contributed by atoms with van der Waals surface area (Å²) in [4.78, 5) is 3.28. The highest BCUT2D eigenvalue weighted by Crippen LogP contribution is 2.51. The summed E-state index contributed by atoms with van der Waals surface area (Å²) in [6.45, 7) is 10.7. The number of nitrogens with zero attached hydrogens (tertiary/aromatic N) is 1. The number of ether oxygens (including phenoxy) is 1. The van der Waals surface area contributed by atoms with Crippen LogP contribution in [0.4, 0.5) is 26.3 Å². The molecule has 0 amide bonds. The van der Waals surface area contributed by atoms with Crippen LogP contribution in [0.1, 0.15) is 51.8 Å². The predicted octanol–water partition coefficient (Wildman–Crippen LogP) is 6.22. The van der Waals surface area contributed by atoms with E-state index in [-0.39, 0.29) is 23.2 Å². The second kappa shape index (κ2) is 7.70. The van der Waals surface area contributed by atoms with Crippen molar-refractivity contribution in [2.75, 3.05) is 0 Å². The van der Waals surface area contributed by atoms with Crippen LogP contribution >= 0.6 is 0 Å². The first-order valence-corrected chi connectivity index (χ1v) is 8.64. The van der Waals surface area contributed by atoms with Gasteiger partial charge in [-0.2, -0.15) is 26.3 Å². The zero-order chi connectivity index (χ0) is 21.7. The number of alkyl halides is 6. The Kier molecular flexibility index (Phi) is 6.65. The van der Waals surface area contributed by atoms with Gasteiger partial charge >= 0.3 is 12.4 Å². The summed E-state index contributed by atoms with van der Waals surface area (Å²) in [5.74, 6) is -0.976. The first kappa shape index (κ1) is 25.1. The van der Waals surface area contributed by atoms with E-state index in [0.29, 0.717) is 18.9 Å². The molecule has 1 heterocycles. The van der Waals surface area contributed by atoms with Gasteiger partial charge in [-0.3, -0.25) is 5.48 Å². The molecule has 4 nitrogen and oxygen atoms in total. The Balaban J connectivity index is 0.00000420. The third kappa shape index (κ3) is 5.55. The third-order valence-electron chi connectivity index (χ3n) is 5.09. The molecule has 1 aliphatic rings. The molecule has 0 aliphatic heterocycles. The molecule has 0 saturated heterocycles. The lowest BCUT2D eigenvalue weighted by atomic mass is 9.59. The first-order chi connectivity index (χ1) is 12.4. The van der Waals surface area contributed by atoms with Crippen LogP contribution in [0, 0.1) is 16.7 Å². The SMILES string of the molecule is C=C(O)C1CC(C)(C)C(Oc2cc(C(F)(F)F)cc(C(F)(F)F)n2)C(C)(C)C1.[OH]. The van der Waals surface area contributed by atoms with Crippen LogP contribution in [0.2, 0.25) is 0 Å². The highest BCUT2D eigenvalue weighted by molar-refractivity contribution is 5.29. The number of pyridine rings is 1. The van der Waals surface area contributed by atoms with Crippen molar-refractivity contribution in [1.82, 2.24) is 4.98 Å². The van der Waals surface area contributed by atoms with E-state index in [4.69, 9.17) is 4.74 Å². The van der Waals surface area contributed by atoms with Crippen LogP contribution in [0.15, 0.2) is 24.5 Å². The largest absolute Gasteiger partial charge is 0.513 e. The molecule has 2 rings (SSSR count). The van der Waals surface area contributed by atoms with E-state index in [9.17, 15) is 31.4 Å². The smallest absolute Gasteiger partial charge is 0.433 e. The van der Waals surface area contributed by atoms with Crippen molar-refractivity contribution in [3.63, 3.8) is 0 Å². The van der Waals surface area contributed by atoms with Gasteiger partial charge in [0.15, 0.2) is 0 Å². The van der Waals surface area contributed by atoms with E-state index >= 15 is 0 Å². The lowest BCUT2D eigenvalue weighted by Gasteiger charge is -2.51. The van der Waals surface area contributed by atoms with E-state index in [1.165, 1.54) is 0 Å². The molecule has 2 N–H and O–H groups in total. The summed E-state index contributed by atoms with van der Waals surface area (Å²) in [5, 5.41) is 9.77. The Hall–Kier alpha value is -1.97. The molecule has 1 fully saturated rings. The molecule has 0 spiro atoms. The Morgan fingerprint density at radius 2 is 1.52 bits per heavy atom. The fraction of sp³-hybridized carbons (Fsp3) is 0.632. The summed E-state index contributed by atoms with van der Waals surface area (Å²) in [6, 6.07) is 0.453. The minimum absolute atomic E-state index is 0. The number of halogens is 6. The van der Waals surface area contributed by atoms with Crippen molar-refractivity contribution >= 4 is 0 Å². The zero-order valence-electron chi connectivity index (χ0n) is 16.4. The predicted molar refractivity (Wildman–Crippen MR) is 92.6 cm³/mol. The summed E-state index contributed by atoms with van der Waals surface area (Å²) in [6.07, 6.45) is -9.91. The van der Waals surface area contributed by atoms with Crippen molar-refractivity contribution in [3.8, 4) is 5.88 Å². The van der Waals surface area contributed by atoms with Crippen molar-refractivity contribution in [2.45, 2.75) is 59.0 Å². The van der Waals surface area contributed by atoms with Crippen molar-refractivity contribution < 1.29 is 41.7 Å². The van der Waals surface area contributed by atoms with Gasteiger partial charge in [0, 0.05) is 22.8 Å². The summed E-state index contributed by atoms with van der Waals surface area (Å²) in [5.41, 5.74) is -4.46. The molecule has 165 valence electrons. The fourth-order valence-electron chi connectivity index (χ4n) is 4.16. The van der Waals surface area contributed by atoms with Gasteiger partial charge in [-0.25, -0.2) is 4.98 Å². The van der Waals surface area contributed by atoms with Crippen molar-refractivity contribution in [2.24, 2.45) is 16.7 Å². The number of aliphatic hydroxyl groups excluding tert-OH is 1. The molecule has 29 heavy (non-hydrogen) atoms. The maximum Gasteiger partial charge on any atom is 0.433 e. The molecular formula is C19H24F6NO3. The Bertz CT molecular complexity index is 705. The number of aliphatic hydroxyl groups is 1. The Labute approximate surface area is 164 Å². The zero-order valence-corrected chi connectivity index (χ0v) is 16.4. The maximum atomic E-state index is 13.1. The first-order valence-electron chi connectivity index (χ1n) is 8.64. The average molecular weight is 428 g/mol. The number of hydrogen-bond donors (Lipinski definition) is 2. The molecular weight excluding hydrogens is 404 g/mol. The normalized spacial score (nSPS) is 23.8. The van der Waals surface area contributed by atoms with Crippen LogP contribution in [-0.4, -0.2) is 21.7 Å². The van der Waals surface area contributed by atoms with E-state index < -0.39 is 46.4 Å². The van der Waals surface area contributed by atoms with E-state index in [1.54, 1.807) is 27.7 Å². The monoisotopic (exact) mass is 428 g/mol. The van der Waals surface area contributed by atoms with Gasteiger partial charge in [0.1, 0.15) is 11.8 Å². The highest BCUT2D eigenvalue weighted by atomic mass is 19.4. The van der Waals surface area contributed by atoms with E-state index in [1.807, 2.05) is 0 Å². The number of rotatable bonds is 3. The fourth-order valence-corrected chi connectivity index (χ4v) is 4.16. The molecule has 0 atom stereocenters. The van der Waals surface area contributed by atoms with Crippen LogP contribution in [0.3, 0.4) is 0 Å². The summed E-state index contributed by atoms with van der Waals surface area (Å²) in [7, 11) is 0. The third-order valence-corrected chi connectivity index (χ3v) is 5.09. The van der Waals surface area contributed by atoms with Crippen LogP contribution in [0.25, 0.3) is 0 Å². The van der Waals surface area contributed by atoms with Gasteiger partial charge in [0.2, 0.25) is 5.88 Å². The second-order valence-corrected chi connectivity index (χ2v) is 8.65. The number of allylic oxidation sites excluding steroid dienone is 1. The van der Waals surface area contributed by atoms with Gasteiger partial charge in [-0.1, -0.05) is 34.3 Å². The lowest BCUT2D eigenvalue weighted by molar-refractivity contribution is -0.146. The molecule has 0 aromatic carbocycles. The lowest BCUT2D eigenvalue weighted by Crippen LogP contribution is -2.51. The topological polar surface area (TPSA) is 72.3 Å². The quantitative estimate of drug-likeness (QED) is 0.443. The minimum atomic E-state index is -5.04. The molecule has 1 radical (unpaired) electrons. The second-order valence-electron chi connectivity index (χ2n) is 8.65. The van der Waals surface area contributed by atoms with Gasteiger partial charge in [-0.15, -0.1) is 0 Å². The molecule has 1 aromatic heterocycles. The van der Waals surface area contributed by atoms with Crippen LogP contribution in [-0.2, 0) is 12.4 Å². The molecule has 0 unspecified atom stereocenters. The molecule has 1 aromatic rings. The van der Waals surface area contributed by atoms with Crippen LogP contribution in [0.5, 0.6) is 5.88 Å².